The van der Waals surface area contributed by atoms with Gasteiger partial charge < -0.3 is 33.8 Å². The number of aliphatic hydroxyl groups is 1. The average molecular weight is 1210 g/mol. The smallest absolute Gasteiger partial charge is 0.462 e. The van der Waals surface area contributed by atoms with Crippen molar-refractivity contribution in [2.45, 2.75) is 335 Å². The van der Waals surface area contributed by atoms with Gasteiger partial charge in [-0.25, -0.2) is 9.13 Å². The van der Waals surface area contributed by atoms with Crippen LogP contribution in [-0.4, -0.2) is 96.7 Å². The van der Waals surface area contributed by atoms with E-state index in [4.69, 9.17) is 37.0 Å². The number of carbonyl (C=O) groups is 4. The minimum atomic E-state index is -4.94. The minimum Gasteiger partial charge on any atom is -0.462 e. The van der Waals surface area contributed by atoms with Crippen LogP contribution in [0, 0.1) is 5.92 Å². The van der Waals surface area contributed by atoms with Gasteiger partial charge in [-0.3, -0.25) is 37.3 Å². The normalized spacial score (nSPS) is 14.3. The van der Waals surface area contributed by atoms with Crippen molar-refractivity contribution < 1.29 is 80.2 Å². The van der Waals surface area contributed by atoms with E-state index in [2.05, 4.69) is 34.6 Å². The number of phosphoric acid groups is 2. The van der Waals surface area contributed by atoms with Crippen molar-refractivity contribution >= 4 is 39.5 Å². The molecular formula is C63H122O17P2. The number of phosphoric ester groups is 2. The Morgan fingerprint density at radius 2 is 0.561 bits per heavy atom. The van der Waals surface area contributed by atoms with Crippen molar-refractivity contribution in [2.75, 3.05) is 39.6 Å². The summed E-state index contributed by atoms with van der Waals surface area (Å²) in [6.07, 6.45) is 40.5. The predicted octanol–water partition coefficient (Wildman–Crippen LogP) is 17.4. The molecule has 3 N–H and O–H groups in total. The van der Waals surface area contributed by atoms with Crippen LogP contribution in [0.2, 0.25) is 0 Å². The van der Waals surface area contributed by atoms with Gasteiger partial charge in [-0.1, -0.05) is 266 Å². The number of unbranched alkanes of at least 4 members (excludes halogenated alkanes) is 35. The second-order valence-corrected chi connectivity index (χ2v) is 26.2. The Morgan fingerprint density at radius 1 is 0.329 bits per heavy atom. The van der Waals surface area contributed by atoms with Gasteiger partial charge in [0, 0.05) is 25.7 Å². The third-order valence-electron chi connectivity index (χ3n) is 14.5. The van der Waals surface area contributed by atoms with Gasteiger partial charge >= 0.3 is 39.5 Å². The summed E-state index contributed by atoms with van der Waals surface area (Å²) >= 11 is 0. The summed E-state index contributed by atoms with van der Waals surface area (Å²) in [4.78, 5) is 71.9. The molecule has 0 aliphatic rings. The van der Waals surface area contributed by atoms with Crippen LogP contribution in [0.3, 0.4) is 0 Å². The van der Waals surface area contributed by atoms with Crippen molar-refractivity contribution in [3.8, 4) is 0 Å². The van der Waals surface area contributed by atoms with Crippen LogP contribution in [0.5, 0.6) is 0 Å². The van der Waals surface area contributed by atoms with E-state index < -0.39 is 97.5 Å². The topological polar surface area (TPSA) is 237 Å². The van der Waals surface area contributed by atoms with Gasteiger partial charge in [-0.2, -0.15) is 0 Å². The highest BCUT2D eigenvalue weighted by molar-refractivity contribution is 7.47. The number of esters is 4. The highest BCUT2D eigenvalue weighted by Crippen LogP contribution is 2.45. The zero-order chi connectivity index (χ0) is 60.6. The largest absolute Gasteiger partial charge is 0.472 e. The highest BCUT2D eigenvalue weighted by atomic mass is 31.2. The molecule has 2 unspecified atom stereocenters. The lowest BCUT2D eigenvalue weighted by Gasteiger charge is -2.21. The van der Waals surface area contributed by atoms with Crippen molar-refractivity contribution in [2.24, 2.45) is 5.92 Å². The van der Waals surface area contributed by atoms with Gasteiger partial charge in [0.25, 0.3) is 0 Å². The molecule has 0 saturated heterocycles. The van der Waals surface area contributed by atoms with Crippen LogP contribution in [0.1, 0.15) is 317 Å². The monoisotopic (exact) mass is 1210 g/mol. The molecule has 0 spiro atoms. The van der Waals surface area contributed by atoms with E-state index in [0.717, 1.165) is 115 Å². The van der Waals surface area contributed by atoms with Gasteiger partial charge in [-0.15, -0.1) is 0 Å². The van der Waals surface area contributed by atoms with Crippen LogP contribution in [0.25, 0.3) is 0 Å². The number of rotatable bonds is 63. The molecule has 486 valence electrons. The maximum atomic E-state index is 13.0. The molecule has 0 aromatic rings. The number of hydrogen-bond donors (Lipinski definition) is 3. The van der Waals surface area contributed by atoms with E-state index >= 15 is 0 Å². The summed E-state index contributed by atoms with van der Waals surface area (Å²) in [5, 5.41) is 10.5. The van der Waals surface area contributed by atoms with E-state index in [1.807, 2.05) is 0 Å². The summed E-state index contributed by atoms with van der Waals surface area (Å²) in [6.45, 7) is 7.13. The maximum absolute atomic E-state index is 13.0. The zero-order valence-corrected chi connectivity index (χ0v) is 54.4. The molecule has 0 rings (SSSR count). The Kier molecular flexibility index (Phi) is 55.5. The van der Waals surface area contributed by atoms with Crippen molar-refractivity contribution in [1.82, 2.24) is 0 Å². The molecule has 82 heavy (non-hydrogen) atoms. The highest BCUT2D eigenvalue weighted by Gasteiger charge is 2.30. The van der Waals surface area contributed by atoms with Gasteiger partial charge in [0.15, 0.2) is 12.2 Å². The SMILES string of the molecule is CCCCCCCCCCCC(=O)OC[C@H](COP(=O)(O)OC[C@@H](O)COP(=O)(O)OC[C@@H](COC(=O)CCCCCCCCC)OC(=O)CCCCCCCCCC)OC(=O)CCCCCCCCCCCCCCCCCC(C)C. The first-order valence-electron chi connectivity index (χ1n) is 33.1. The number of hydrogen-bond acceptors (Lipinski definition) is 15. The van der Waals surface area contributed by atoms with E-state index in [9.17, 15) is 43.2 Å². The molecular weight excluding hydrogens is 1090 g/mol. The average Bonchev–Trinajstić information content (AvgIpc) is 3.46. The van der Waals surface area contributed by atoms with Gasteiger partial charge in [0.1, 0.15) is 19.3 Å². The summed E-state index contributed by atoms with van der Waals surface area (Å²) in [5.74, 6) is -1.34. The second kappa shape index (κ2) is 56.8. The van der Waals surface area contributed by atoms with Gasteiger partial charge in [-0.05, 0) is 31.6 Å². The van der Waals surface area contributed by atoms with Gasteiger partial charge in [0.05, 0.1) is 26.4 Å². The predicted molar refractivity (Wildman–Crippen MR) is 326 cm³/mol. The number of ether oxygens (including phenoxy) is 4. The first-order valence-corrected chi connectivity index (χ1v) is 36.1. The van der Waals surface area contributed by atoms with Gasteiger partial charge in [0.2, 0.25) is 0 Å². The molecule has 0 aliphatic carbocycles. The van der Waals surface area contributed by atoms with Crippen LogP contribution < -0.4 is 0 Å². The van der Waals surface area contributed by atoms with Crippen molar-refractivity contribution in [3.63, 3.8) is 0 Å². The fraction of sp³-hybridized carbons (Fsp3) is 0.937. The number of aliphatic hydroxyl groups excluding tert-OH is 1. The molecule has 0 heterocycles. The quantitative estimate of drug-likeness (QED) is 0.0222. The summed E-state index contributed by atoms with van der Waals surface area (Å²) < 4.78 is 67.7. The molecule has 17 nitrogen and oxygen atoms in total. The molecule has 0 aromatic heterocycles. The molecule has 0 radical (unpaired) electrons. The Morgan fingerprint density at radius 3 is 0.829 bits per heavy atom. The Hall–Kier alpha value is -1.94. The van der Waals surface area contributed by atoms with E-state index in [1.54, 1.807) is 0 Å². The zero-order valence-electron chi connectivity index (χ0n) is 52.6. The fourth-order valence-electron chi connectivity index (χ4n) is 9.41. The standard InChI is InChI=1S/C63H122O17P2/c1-6-9-12-15-18-27-33-37-42-47-61(66)74-53-59(80-63(68)49-44-39-34-29-26-24-22-20-21-23-25-28-31-35-40-45-56(4)5)55-78-82(71,72)76-51-57(64)50-75-81(69,70)77-54-58(52-73-60(65)46-41-36-30-17-14-11-8-3)79-62(67)48-43-38-32-19-16-13-10-7-2/h56-59,64H,6-55H2,1-5H3,(H,69,70)(H,71,72)/t57-,58+,59+/m0/s1. The van der Waals surface area contributed by atoms with Crippen molar-refractivity contribution in [3.05, 3.63) is 0 Å². The number of carbonyl (C=O) groups excluding carboxylic acids is 4. The van der Waals surface area contributed by atoms with Crippen LogP contribution >= 0.6 is 15.6 Å². The first-order chi connectivity index (χ1) is 39.5. The minimum absolute atomic E-state index is 0.105. The maximum Gasteiger partial charge on any atom is 0.472 e. The fourth-order valence-corrected chi connectivity index (χ4v) is 11.0. The molecule has 19 heteroatoms. The summed E-state index contributed by atoms with van der Waals surface area (Å²) in [6, 6.07) is 0. The Bertz CT molecular complexity index is 1600. The van der Waals surface area contributed by atoms with Crippen LogP contribution in [0.4, 0.5) is 0 Å². The third kappa shape index (κ3) is 57.2. The lowest BCUT2D eigenvalue weighted by atomic mass is 10.0. The van der Waals surface area contributed by atoms with Crippen molar-refractivity contribution in [1.29, 1.82) is 0 Å². The molecule has 0 amide bonds. The molecule has 0 aromatic carbocycles. The van der Waals surface area contributed by atoms with Crippen LogP contribution in [0.15, 0.2) is 0 Å². The molecule has 5 atom stereocenters. The molecule has 0 aliphatic heterocycles. The molecule has 0 saturated carbocycles. The third-order valence-corrected chi connectivity index (χ3v) is 16.4. The first kappa shape index (κ1) is 80.1. The van der Waals surface area contributed by atoms with E-state index in [0.29, 0.717) is 25.7 Å². The Labute approximate surface area is 498 Å². The summed E-state index contributed by atoms with van der Waals surface area (Å²) in [7, 11) is -9.87. The lowest BCUT2D eigenvalue weighted by molar-refractivity contribution is -0.161. The van der Waals surface area contributed by atoms with E-state index in [-0.39, 0.29) is 25.7 Å². The summed E-state index contributed by atoms with van der Waals surface area (Å²) in [5.41, 5.74) is 0. The second-order valence-electron chi connectivity index (χ2n) is 23.3. The molecule has 0 bridgehead atoms. The van der Waals surface area contributed by atoms with Crippen LogP contribution in [-0.2, 0) is 65.4 Å². The lowest BCUT2D eigenvalue weighted by Crippen LogP contribution is -2.30. The Balaban J connectivity index is 5.13. The van der Waals surface area contributed by atoms with E-state index in [1.165, 1.54) is 122 Å². The molecule has 0 fully saturated rings.